The lowest BCUT2D eigenvalue weighted by atomic mass is 9.77. The summed E-state index contributed by atoms with van der Waals surface area (Å²) < 4.78 is 25.7. The number of aldehydes is 2. The van der Waals surface area contributed by atoms with Crippen LogP contribution < -0.4 is 0 Å². The number of halogens is 1. The van der Waals surface area contributed by atoms with Crippen LogP contribution in [-0.4, -0.2) is 63.4 Å². The first kappa shape index (κ1) is 38.8. The Hall–Kier alpha value is -3.23. The predicted octanol–water partition coefficient (Wildman–Crippen LogP) is 6.97. The highest BCUT2D eigenvalue weighted by Gasteiger charge is 2.24. The van der Waals surface area contributed by atoms with Crippen molar-refractivity contribution in [2.45, 2.75) is 64.2 Å². The number of methoxy groups -OCH3 is 2. The molecule has 1 fully saturated rings. The van der Waals surface area contributed by atoms with Gasteiger partial charge < -0.3 is 19.7 Å². The Morgan fingerprint density at radius 3 is 1.82 bits per heavy atom. The van der Waals surface area contributed by atoms with Gasteiger partial charge in [0.15, 0.2) is 0 Å². The monoisotopic (exact) mass is 610 g/mol. The van der Waals surface area contributed by atoms with E-state index in [1.54, 1.807) is 20.3 Å². The number of benzene rings is 2. The van der Waals surface area contributed by atoms with Crippen LogP contribution in [0.25, 0.3) is 11.1 Å². The maximum Gasteiger partial charge on any atom is 0.147 e. The molecule has 0 amide bonds. The van der Waals surface area contributed by atoms with E-state index in [1.807, 2.05) is 6.07 Å². The van der Waals surface area contributed by atoms with Crippen molar-refractivity contribution < 1.29 is 33.7 Å². The van der Waals surface area contributed by atoms with E-state index in [4.69, 9.17) is 19.7 Å². The van der Waals surface area contributed by atoms with E-state index in [-0.39, 0.29) is 30.2 Å². The van der Waals surface area contributed by atoms with Crippen LogP contribution in [0.4, 0.5) is 4.39 Å². The number of rotatable bonds is 15. The fourth-order valence-corrected chi connectivity index (χ4v) is 5.03. The van der Waals surface area contributed by atoms with Gasteiger partial charge in [0, 0.05) is 25.4 Å². The Kier molecular flexibility index (Phi) is 20.4. The summed E-state index contributed by atoms with van der Waals surface area (Å²) >= 11 is 0. The zero-order valence-corrected chi connectivity index (χ0v) is 26.7. The standard InChI is InChI=1S/C29H39FO2.2C4H6O2/c1-4-5-6-7-22-8-10-25(11-9-22)28-13-12-26(21-29(28)30)27-19-23(14-16-31-2)18-24(20-27)15-17-32-3;2*1-4(2-5)3-6/h4-5,12-13,18-22,25H,6-11,14-17H2,1-3H3;2*2,6H,1,3H2/b5-4+;;. The van der Waals surface area contributed by atoms with E-state index in [2.05, 4.69) is 56.5 Å². The van der Waals surface area contributed by atoms with Crippen molar-refractivity contribution >= 4 is 12.6 Å². The van der Waals surface area contributed by atoms with Crippen LogP contribution in [0.15, 0.2) is 72.9 Å². The molecule has 242 valence electrons. The second-order valence-corrected chi connectivity index (χ2v) is 11.0. The molecule has 0 radical (unpaired) electrons. The van der Waals surface area contributed by atoms with Crippen LogP contribution in [-0.2, 0) is 31.9 Å². The Balaban J connectivity index is 0.000000681. The summed E-state index contributed by atoms with van der Waals surface area (Å²) in [4.78, 5) is 19.0. The Bertz CT molecular complexity index is 1130. The average Bonchev–Trinajstić information content (AvgIpc) is 3.06. The van der Waals surface area contributed by atoms with Crippen LogP contribution in [0.2, 0.25) is 0 Å². The Labute approximate surface area is 263 Å². The highest BCUT2D eigenvalue weighted by Crippen LogP contribution is 2.39. The molecule has 0 bridgehead atoms. The summed E-state index contributed by atoms with van der Waals surface area (Å²) in [6.07, 6.45) is 14.2. The predicted molar refractivity (Wildman–Crippen MR) is 176 cm³/mol. The van der Waals surface area contributed by atoms with Crippen molar-refractivity contribution in [3.63, 3.8) is 0 Å². The molecule has 0 atom stereocenters. The van der Waals surface area contributed by atoms with Gasteiger partial charge in [-0.1, -0.05) is 55.6 Å². The summed E-state index contributed by atoms with van der Waals surface area (Å²) in [5.74, 6) is 1.10. The topological polar surface area (TPSA) is 93.1 Å². The van der Waals surface area contributed by atoms with Crippen LogP contribution in [0.1, 0.15) is 68.1 Å². The minimum Gasteiger partial charge on any atom is -0.392 e. The number of hydrogen-bond donors (Lipinski definition) is 2. The van der Waals surface area contributed by atoms with Crippen LogP contribution in [0.3, 0.4) is 0 Å². The van der Waals surface area contributed by atoms with Gasteiger partial charge in [-0.3, -0.25) is 9.59 Å². The van der Waals surface area contributed by atoms with Gasteiger partial charge in [-0.2, -0.15) is 0 Å². The van der Waals surface area contributed by atoms with Gasteiger partial charge in [-0.25, -0.2) is 4.39 Å². The second-order valence-electron chi connectivity index (χ2n) is 11.0. The average molecular weight is 611 g/mol. The lowest BCUT2D eigenvalue weighted by Gasteiger charge is -2.29. The van der Waals surface area contributed by atoms with E-state index < -0.39 is 0 Å². The van der Waals surface area contributed by atoms with Gasteiger partial charge in [0.2, 0.25) is 0 Å². The van der Waals surface area contributed by atoms with Gasteiger partial charge >= 0.3 is 0 Å². The van der Waals surface area contributed by atoms with Crippen molar-refractivity contribution in [2.24, 2.45) is 5.92 Å². The van der Waals surface area contributed by atoms with E-state index in [0.717, 1.165) is 48.3 Å². The minimum absolute atomic E-state index is 0.0550. The van der Waals surface area contributed by atoms with E-state index in [0.29, 0.717) is 31.7 Å². The number of carbonyl (C=O) groups excluding carboxylic acids is 2. The summed E-state index contributed by atoms with van der Waals surface area (Å²) in [6, 6.07) is 12.4. The highest BCUT2D eigenvalue weighted by molar-refractivity contribution is 5.72. The molecule has 0 unspecified atom stereocenters. The molecule has 44 heavy (non-hydrogen) atoms. The number of aliphatic hydroxyl groups is 2. The van der Waals surface area contributed by atoms with Gasteiger partial charge in [-0.15, -0.1) is 0 Å². The first-order valence-electron chi connectivity index (χ1n) is 15.3. The molecular formula is C37H51FO6. The first-order chi connectivity index (χ1) is 21.3. The fraction of sp³-hybridized carbons (Fsp3) is 0.459. The molecular weight excluding hydrogens is 559 g/mol. The molecule has 2 N–H and O–H groups in total. The highest BCUT2D eigenvalue weighted by atomic mass is 19.1. The summed E-state index contributed by atoms with van der Waals surface area (Å²) in [5, 5.41) is 16.0. The molecule has 0 saturated heterocycles. The smallest absolute Gasteiger partial charge is 0.147 e. The maximum absolute atomic E-state index is 15.2. The molecule has 0 spiro atoms. The molecule has 0 aliphatic heterocycles. The fourth-order valence-electron chi connectivity index (χ4n) is 5.03. The van der Waals surface area contributed by atoms with E-state index in [9.17, 15) is 9.59 Å². The third-order valence-corrected chi connectivity index (χ3v) is 7.58. The SMILES string of the molecule is C/C=C/CCC1CCC(c2ccc(-c3cc(CCOC)cc(CCOC)c3)cc2F)CC1.C=C(C=O)CO.C=C(C=O)CO. The van der Waals surface area contributed by atoms with Crippen LogP contribution in [0.5, 0.6) is 0 Å². The quantitative estimate of drug-likeness (QED) is 0.129. The van der Waals surface area contributed by atoms with E-state index >= 15 is 4.39 Å². The molecule has 6 nitrogen and oxygen atoms in total. The molecule has 1 saturated carbocycles. The number of ether oxygens (including phenoxy) is 2. The summed E-state index contributed by atoms with van der Waals surface area (Å²) in [6.45, 7) is 9.32. The summed E-state index contributed by atoms with van der Waals surface area (Å²) in [7, 11) is 3.44. The largest absolute Gasteiger partial charge is 0.392 e. The normalized spacial score (nSPS) is 15.9. The van der Waals surface area contributed by atoms with Crippen molar-refractivity contribution in [1.82, 2.24) is 0 Å². The van der Waals surface area contributed by atoms with Crippen molar-refractivity contribution in [2.75, 3.05) is 40.6 Å². The van der Waals surface area contributed by atoms with Crippen molar-refractivity contribution in [1.29, 1.82) is 0 Å². The Morgan fingerprint density at radius 1 is 0.864 bits per heavy atom. The maximum atomic E-state index is 15.2. The van der Waals surface area contributed by atoms with Gasteiger partial charge in [0.1, 0.15) is 18.4 Å². The molecule has 7 heteroatoms. The van der Waals surface area contributed by atoms with Gasteiger partial charge in [0.25, 0.3) is 0 Å². The van der Waals surface area contributed by atoms with Crippen LogP contribution in [0, 0.1) is 11.7 Å². The molecule has 2 aromatic carbocycles. The molecule has 3 rings (SSSR count). The molecule has 1 aliphatic carbocycles. The first-order valence-corrected chi connectivity index (χ1v) is 15.3. The Morgan fingerprint density at radius 2 is 1.41 bits per heavy atom. The zero-order chi connectivity index (χ0) is 32.7. The zero-order valence-electron chi connectivity index (χ0n) is 26.7. The number of hydrogen-bond acceptors (Lipinski definition) is 6. The third kappa shape index (κ3) is 15.0. The molecule has 0 aromatic heterocycles. The number of carbonyl (C=O) groups is 2. The molecule has 0 heterocycles. The third-order valence-electron chi connectivity index (χ3n) is 7.58. The number of allylic oxidation sites excluding steroid dienone is 2. The van der Waals surface area contributed by atoms with Gasteiger partial charge in [0.05, 0.1) is 26.4 Å². The van der Waals surface area contributed by atoms with Crippen molar-refractivity contribution in [3.8, 4) is 11.1 Å². The minimum atomic E-state index is -0.233. The summed E-state index contributed by atoms with van der Waals surface area (Å²) in [5.41, 5.74) is 5.79. The van der Waals surface area contributed by atoms with Crippen LogP contribution >= 0.6 is 0 Å². The van der Waals surface area contributed by atoms with Crippen molar-refractivity contribution in [3.05, 3.63) is 95.4 Å². The molecule has 2 aromatic rings. The number of aliphatic hydroxyl groups excluding tert-OH is 2. The van der Waals surface area contributed by atoms with Gasteiger partial charge in [-0.05, 0) is 104 Å². The van der Waals surface area contributed by atoms with E-state index in [1.165, 1.54) is 36.8 Å². The lowest BCUT2D eigenvalue weighted by molar-refractivity contribution is -0.106. The second kappa shape index (κ2) is 23.2. The lowest BCUT2D eigenvalue weighted by Crippen LogP contribution is -2.14. The molecule has 1 aliphatic rings.